The second kappa shape index (κ2) is 10.1. The molecule has 6 heteroatoms. The lowest BCUT2D eigenvalue weighted by Gasteiger charge is -2.12. The number of ether oxygens (including phenoxy) is 2. The molecule has 0 atom stereocenters. The Morgan fingerprint density at radius 1 is 1.07 bits per heavy atom. The van der Waals surface area contributed by atoms with Gasteiger partial charge in [0, 0.05) is 16.3 Å². The first-order valence-corrected chi connectivity index (χ1v) is 9.51. The van der Waals surface area contributed by atoms with Crippen molar-refractivity contribution in [3.05, 3.63) is 88.9 Å². The van der Waals surface area contributed by atoms with Crippen LogP contribution in [0.1, 0.15) is 11.1 Å². The Hall–Kier alpha value is -3.75. The van der Waals surface area contributed by atoms with Crippen LogP contribution in [-0.2, 0) is 4.79 Å². The lowest BCUT2D eigenvalue weighted by molar-refractivity contribution is -0.118. The van der Waals surface area contributed by atoms with Gasteiger partial charge in [0.05, 0.1) is 18.8 Å². The number of nitrogens with one attached hydrogen (secondary N) is 1. The molecule has 1 N–H and O–H groups in total. The van der Waals surface area contributed by atoms with Crippen LogP contribution < -0.4 is 14.8 Å². The maximum Gasteiger partial charge on any atom is 0.262 e. The number of carbonyl (C=O) groups is 1. The van der Waals surface area contributed by atoms with Gasteiger partial charge in [-0.15, -0.1) is 0 Å². The molecule has 0 heterocycles. The number of rotatable bonds is 7. The molecule has 5 nitrogen and oxygen atoms in total. The van der Waals surface area contributed by atoms with Gasteiger partial charge in [-0.3, -0.25) is 4.79 Å². The Kier molecular flexibility index (Phi) is 7.09. The van der Waals surface area contributed by atoms with Gasteiger partial charge in [-0.05, 0) is 42.0 Å². The molecule has 0 aliphatic carbocycles. The minimum absolute atomic E-state index is 0.163. The SMILES string of the molecule is COc1cc(C=C(C#N)c2ccccc2Cl)ccc1OCC(=O)Nc1ccccc1. The molecule has 0 unspecified atom stereocenters. The number of hydrogen-bond donors (Lipinski definition) is 1. The fourth-order valence-electron chi connectivity index (χ4n) is 2.77. The quantitative estimate of drug-likeness (QED) is 0.410. The molecule has 0 spiro atoms. The summed E-state index contributed by atoms with van der Waals surface area (Å²) in [6, 6.07) is 23.7. The smallest absolute Gasteiger partial charge is 0.262 e. The largest absolute Gasteiger partial charge is 0.493 e. The van der Waals surface area contributed by atoms with Crippen LogP contribution in [0.15, 0.2) is 72.8 Å². The zero-order valence-electron chi connectivity index (χ0n) is 16.3. The van der Waals surface area contributed by atoms with Crippen LogP contribution in [0.25, 0.3) is 11.6 Å². The van der Waals surface area contributed by atoms with Crippen LogP contribution in [0.3, 0.4) is 0 Å². The molecule has 0 aliphatic rings. The van der Waals surface area contributed by atoms with Gasteiger partial charge in [0.15, 0.2) is 18.1 Å². The Morgan fingerprint density at radius 3 is 2.50 bits per heavy atom. The average Bonchev–Trinajstić information content (AvgIpc) is 2.77. The van der Waals surface area contributed by atoms with E-state index in [1.165, 1.54) is 7.11 Å². The van der Waals surface area contributed by atoms with Crippen molar-refractivity contribution in [2.24, 2.45) is 0 Å². The standard InChI is InChI=1S/C24H19ClN2O3/c1-29-23-14-17(13-18(15-26)20-9-5-6-10-21(20)25)11-12-22(23)30-16-24(28)27-19-7-3-2-4-8-19/h2-14H,16H2,1H3,(H,27,28). The first-order valence-electron chi connectivity index (χ1n) is 9.13. The van der Waals surface area contributed by atoms with Gasteiger partial charge in [0.25, 0.3) is 5.91 Å². The van der Waals surface area contributed by atoms with Gasteiger partial charge in [-0.25, -0.2) is 0 Å². The molecule has 0 aromatic heterocycles. The maximum absolute atomic E-state index is 12.1. The number of halogens is 1. The third kappa shape index (κ3) is 5.40. The summed E-state index contributed by atoms with van der Waals surface area (Å²) in [6.45, 7) is -0.163. The summed E-state index contributed by atoms with van der Waals surface area (Å²) in [6.07, 6.45) is 1.72. The van der Waals surface area contributed by atoms with E-state index in [2.05, 4.69) is 11.4 Å². The van der Waals surface area contributed by atoms with Crippen LogP contribution in [0.5, 0.6) is 11.5 Å². The van der Waals surface area contributed by atoms with E-state index in [9.17, 15) is 10.1 Å². The lowest BCUT2D eigenvalue weighted by atomic mass is 10.0. The first kappa shape index (κ1) is 21.0. The molecule has 1 amide bonds. The molecular weight excluding hydrogens is 400 g/mol. The summed E-state index contributed by atoms with van der Waals surface area (Å²) in [4.78, 5) is 12.1. The molecule has 0 aliphatic heterocycles. The highest BCUT2D eigenvalue weighted by Gasteiger charge is 2.10. The molecule has 0 radical (unpaired) electrons. The fourth-order valence-corrected chi connectivity index (χ4v) is 3.01. The van der Waals surface area contributed by atoms with Crippen molar-refractivity contribution in [2.75, 3.05) is 19.0 Å². The number of para-hydroxylation sites is 1. The summed E-state index contributed by atoms with van der Waals surface area (Å²) in [5.74, 6) is 0.597. The third-order valence-corrected chi connectivity index (χ3v) is 4.53. The second-order valence-corrected chi connectivity index (χ2v) is 6.67. The van der Waals surface area contributed by atoms with E-state index in [0.717, 1.165) is 5.56 Å². The van der Waals surface area contributed by atoms with Gasteiger partial charge in [0.2, 0.25) is 0 Å². The predicted octanol–water partition coefficient (Wildman–Crippen LogP) is 5.43. The van der Waals surface area contributed by atoms with Crippen LogP contribution in [0.4, 0.5) is 5.69 Å². The number of nitrogens with zero attached hydrogens (tertiary/aromatic N) is 1. The zero-order valence-corrected chi connectivity index (χ0v) is 17.0. The molecule has 0 fully saturated rings. The Bertz CT molecular complexity index is 1100. The summed E-state index contributed by atoms with van der Waals surface area (Å²) < 4.78 is 11.0. The van der Waals surface area contributed by atoms with E-state index in [0.29, 0.717) is 33.3 Å². The highest BCUT2D eigenvalue weighted by Crippen LogP contribution is 2.31. The Morgan fingerprint density at radius 2 is 1.80 bits per heavy atom. The van der Waals surface area contributed by atoms with Gasteiger partial charge in [0.1, 0.15) is 0 Å². The Balaban J connectivity index is 1.74. The minimum Gasteiger partial charge on any atom is -0.493 e. The van der Waals surface area contributed by atoms with Gasteiger partial charge < -0.3 is 14.8 Å². The van der Waals surface area contributed by atoms with E-state index in [1.54, 1.807) is 48.5 Å². The van der Waals surface area contributed by atoms with Gasteiger partial charge in [-0.1, -0.05) is 54.1 Å². The van der Waals surface area contributed by atoms with E-state index in [4.69, 9.17) is 21.1 Å². The number of hydrogen-bond acceptors (Lipinski definition) is 4. The molecule has 3 aromatic carbocycles. The van der Waals surface area contributed by atoms with E-state index < -0.39 is 0 Å². The summed E-state index contributed by atoms with van der Waals surface area (Å²) in [5, 5.41) is 12.8. The molecule has 3 aromatic rings. The third-order valence-electron chi connectivity index (χ3n) is 4.20. The molecule has 150 valence electrons. The van der Waals surface area contributed by atoms with Crippen molar-refractivity contribution in [3.63, 3.8) is 0 Å². The van der Waals surface area contributed by atoms with Crippen molar-refractivity contribution in [1.82, 2.24) is 0 Å². The fraction of sp³-hybridized carbons (Fsp3) is 0.0833. The van der Waals surface area contributed by atoms with Crippen molar-refractivity contribution >= 4 is 34.8 Å². The summed E-state index contributed by atoms with van der Waals surface area (Å²) in [5.41, 5.74) is 2.52. The molecule has 0 bridgehead atoms. The van der Waals surface area contributed by atoms with Crippen LogP contribution >= 0.6 is 11.6 Å². The average molecular weight is 419 g/mol. The van der Waals surface area contributed by atoms with E-state index >= 15 is 0 Å². The predicted molar refractivity (Wildman–Crippen MR) is 118 cm³/mol. The van der Waals surface area contributed by atoms with Crippen LogP contribution in [0.2, 0.25) is 5.02 Å². The number of allylic oxidation sites excluding steroid dienone is 1. The zero-order chi connectivity index (χ0) is 21.3. The van der Waals surface area contributed by atoms with E-state index in [-0.39, 0.29) is 12.5 Å². The first-order chi connectivity index (χ1) is 14.6. The summed E-state index contributed by atoms with van der Waals surface area (Å²) >= 11 is 6.20. The number of nitriles is 1. The van der Waals surface area contributed by atoms with Gasteiger partial charge >= 0.3 is 0 Å². The van der Waals surface area contributed by atoms with Crippen molar-refractivity contribution in [2.45, 2.75) is 0 Å². The van der Waals surface area contributed by atoms with Gasteiger partial charge in [-0.2, -0.15) is 5.26 Å². The highest BCUT2D eigenvalue weighted by molar-refractivity contribution is 6.32. The molecule has 0 saturated heterocycles. The molecular formula is C24H19ClN2O3. The highest BCUT2D eigenvalue weighted by atomic mass is 35.5. The molecule has 30 heavy (non-hydrogen) atoms. The summed E-state index contributed by atoms with van der Waals surface area (Å²) in [7, 11) is 1.51. The van der Waals surface area contributed by atoms with Crippen molar-refractivity contribution in [3.8, 4) is 17.6 Å². The van der Waals surface area contributed by atoms with Crippen LogP contribution in [0, 0.1) is 11.3 Å². The van der Waals surface area contributed by atoms with E-state index in [1.807, 2.05) is 30.3 Å². The Labute approximate surface area is 180 Å². The second-order valence-electron chi connectivity index (χ2n) is 6.26. The molecule has 0 saturated carbocycles. The number of amides is 1. The monoisotopic (exact) mass is 418 g/mol. The number of carbonyl (C=O) groups excluding carboxylic acids is 1. The number of anilines is 1. The van der Waals surface area contributed by atoms with Crippen molar-refractivity contribution in [1.29, 1.82) is 5.26 Å². The number of methoxy groups -OCH3 is 1. The normalized spacial score (nSPS) is 10.8. The molecule has 3 rings (SSSR count). The van der Waals surface area contributed by atoms with Crippen LogP contribution in [-0.4, -0.2) is 19.6 Å². The topological polar surface area (TPSA) is 71.3 Å². The lowest BCUT2D eigenvalue weighted by Crippen LogP contribution is -2.20. The minimum atomic E-state index is -0.280. The number of benzene rings is 3. The van der Waals surface area contributed by atoms with Crippen molar-refractivity contribution < 1.29 is 14.3 Å². The maximum atomic E-state index is 12.1.